The third-order valence-corrected chi connectivity index (χ3v) is 8.12. The molecule has 0 rings (SSSR count). The number of esters is 2. The number of aliphatic carboxylic acids is 2. The van der Waals surface area contributed by atoms with Gasteiger partial charge in [0.25, 0.3) is 0 Å². The van der Waals surface area contributed by atoms with Crippen molar-refractivity contribution in [2.24, 2.45) is 17.3 Å². The molecule has 0 aliphatic carbocycles. The molecule has 0 spiro atoms. The van der Waals surface area contributed by atoms with Gasteiger partial charge in [0.2, 0.25) is 0 Å². The first-order valence-electron chi connectivity index (χ1n) is 15.9. The van der Waals surface area contributed by atoms with Crippen molar-refractivity contribution in [3.8, 4) is 0 Å². The van der Waals surface area contributed by atoms with Gasteiger partial charge in [-0.15, -0.1) is 0 Å². The molecule has 0 aliphatic rings. The number of carboxylic acid groups (broad SMARTS) is 2. The van der Waals surface area contributed by atoms with Crippen LogP contribution in [0.4, 0.5) is 0 Å². The molecule has 0 bridgehead atoms. The standard InChI is InChI=1S/C32H58O8/c1-5-7-9-11-16-20-24-39-29(35)26(3)32(31(37)38,23-19-15-13-14-18-22-28(33)34)27(4)30(36)40-25-21-17-12-10-8-6-2/h26-27H,5-25H2,1-4H3,(H,33,34)(H,37,38). The van der Waals surface area contributed by atoms with Crippen LogP contribution in [0.1, 0.15) is 150 Å². The SMILES string of the molecule is CCCCCCCCOC(=O)C(C)C(CCCCCCCC(=O)O)(C(=O)O)C(C)C(=O)OCCCCCCCC. The largest absolute Gasteiger partial charge is 0.481 e. The fourth-order valence-electron chi connectivity index (χ4n) is 5.29. The molecule has 0 fully saturated rings. The van der Waals surface area contributed by atoms with E-state index in [0.29, 0.717) is 19.3 Å². The van der Waals surface area contributed by atoms with Gasteiger partial charge in [-0.3, -0.25) is 19.2 Å². The number of unbranched alkanes of at least 4 members (excludes halogenated alkanes) is 14. The Hall–Kier alpha value is -2.12. The summed E-state index contributed by atoms with van der Waals surface area (Å²) >= 11 is 0. The molecule has 8 nitrogen and oxygen atoms in total. The van der Waals surface area contributed by atoms with Gasteiger partial charge < -0.3 is 19.7 Å². The third-order valence-electron chi connectivity index (χ3n) is 8.12. The first-order valence-corrected chi connectivity index (χ1v) is 15.9. The summed E-state index contributed by atoms with van der Waals surface area (Å²) in [7, 11) is 0. The molecule has 0 radical (unpaired) electrons. The highest BCUT2D eigenvalue weighted by Gasteiger charge is 2.54. The molecule has 234 valence electrons. The zero-order valence-corrected chi connectivity index (χ0v) is 25.8. The van der Waals surface area contributed by atoms with Gasteiger partial charge in [-0.1, -0.05) is 118 Å². The smallest absolute Gasteiger partial charge is 0.311 e. The van der Waals surface area contributed by atoms with E-state index in [9.17, 15) is 24.3 Å². The van der Waals surface area contributed by atoms with E-state index < -0.39 is 41.1 Å². The van der Waals surface area contributed by atoms with Gasteiger partial charge in [-0.05, 0) is 25.7 Å². The van der Waals surface area contributed by atoms with Crippen molar-refractivity contribution < 1.29 is 38.9 Å². The Balaban J connectivity index is 5.27. The number of carbonyl (C=O) groups is 4. The number of ether oxygens (including phenoxy) is 2. The van der Waals surface area contributed by atoms with Gasteiger partial charge in [0.15, 0.2) is 0 Å². The summed E-state index contributed by atoms with van der Waals surface area (Å²) in [6.45, 7) is 7.91. The molecule has 2 unspecified atom stereocenters. The van der Waals surface area contributed by atoms with Crippen LogP contribution in [0.2, 0.25) is 0 Å². The van der Waals surface area contributed by atoms with E-state index in [1.165, 1.54) is 12.8 Å². The highest BCUT2D eigenvalue weighted by molar-refractivity contribution is 5.89. The van der Waals surface area contributed by atoms with E-state index >= 15 is 0 Å². The Labute approximate surface area is 243 Å². The van der Waals surface area contributed by atoms with Gasteiger partial charge in [-0.25, -0.2) is 0 Å². The van der Waals surface area contributed by atoms with Gasteiger partial charge in [0, 0.05) is 6.42 Å². The van der Waals surface area contributed by atoms with Crippen molar-refractivity contribution in [3.63, 3.8) is 0 Å². The van der Waals surface area contributed by atoms with E-state index in [4.69, 9.17) is 14.6 Å². The fraction of sp³-hybridized carbons (Fsp3) is 0.875. The van der Waals surface area contributed by atoms with Crippen LogP contribution in [0.25, 0.3) is 0 Å². The molecule has 0 saturated carbocycles. The van der Waals surface area contributed by atoms with Gasteiger partial charge >= 0.3 is 23.9 Å². The molecule has 0 amide bonds. The lowest BCUT2D eigenvalue weighted by molar-refractivity contribution is -0.177. The Morgan fingerprint density at radius 1 is 0.575 bits per heavy atom. The van der Waals surface area contributed by atoms with E-state index in [0.717, 1.165) is 77.0 Å². The summed E-state index contributed by atoms with van der Waals surface area (Å²) < 4.78 is 11.0. The topological polar surface area (TPSA) is 127 Å². The van der Waals surface area contributed by atoms with E-state index in [1.807, 2.05) is 0 Å². The maximum Gasteiger partial charge on any atom is 0.311 e. The second kappa shape index (κ2) is 23.6. The van der Waals surface area contributed by atoms with Crippen LogP contribution in [0.5, 0.6) is 0 Å². The average molecular weight is 571 g/mol. The summed E-state index contributed by atoms with van der Waals surface area (Å²) in [4.78, 5) is 49.7. The number of hydrogen-bond donors (Lipinski definition) is 2. The second-order valence-corrected chi connectivity index (χ2v) is 11.3. The predicted molar refractivity (Wildman–Crippen MR) is 157 cm³/mol. The molecule has 0 aliphatic heterocycles. The molecule has 8 heteroatoms. The van der Waals surface area contributed by atoms with Gasteiger partial charge in [0.05, 0.1) is 30.5 Å². The van der Waals surface area contributed by atoms with Crippen molar-refractivity contribution >= 4 is 23.9 Å². The average Bonchev–Trinajstić information content (AvgIpc) is 2.92. The predicted octanol–water partition coefficient (Wildman–Crippen LogP) is 7.95. The summed E-state index contributed by atoms with van der Waals surface area (Å²) in [5.74, 6) is -5.23. The zero-order valence-electron chi connectivity index (χ0n) is 25.8. The fourth-order valence-corrected chi connectivity index (χ4v) is 5.29. The molecule has 2 N–H and O–H groups in total. The van der Waals surface area contributed by atoms with E-state index in [-0.39, 0.29) is 26.1 Å². The minimum Gasteiger partial charge on any atom is -0.481 e. The number of carboxylic acids is 2. The number of carbonyl (C=O) groups excluding carboxylic acids is 2. The number of rotatable bonds is 27. The van der Waals surface area contributed by atoms with Crippen molar-refractivity contribution in [3.05, 3.63) is 0 Å². The summed E-state index contributed by atoms with van der Waals surface area (Å²) in [6.07, 6.45) is 16.0. The van der Waals surface area contributed by atoms with Crippen LogP contribution in [0.3, 0.4) is 0 Å². The molecule has 0 aromatic heterocycles. The second-order valence-electron chi connectivity index (χ2n) is 11.3. The Morgan fingerprint density at radius 2 is 0.950 bits per heavy atom. The van der Waals surface area contributed by atoms with Gasteiger partial charge in [-0.2, -0.15) is 0 Å². The highest BCUT2D eigenvalue weighted by Crippen LogP contribution is 2.43. The van der Waals surface area contributed by atoms with E-state index in [1.54, 1.807) is 13.8 Å². The normalized spacial score (nSPS) is 14.2. The van der Waals surface area contributed by atoms with Crippen LogP contribution >= 0.6 is 0 Å². The van der Waals surface area contributed by atoms with Gasteiger partial charge in [0.1, 0.15) is 0 Å². The molecule has 0 aromatic rings. The first kappa shape index (κ1) is 37.9. The van der Waals surface area contributed by atoms with Crippen LogP contribution in [-0.4, -0.2) is 47.3 Å². The first-order chi connectivity index (χ1) is 19.1. The molecular formula is C32H58O8. The summed E-state index contributed by atoms with van der Waals surface area (Å²) in [5, 5.41) is 19.3. The maximum absolute atomic E-state index is 13.1. The van der Waals surface area contributed by atoms with Crippen LogP contribution < -0.4 is 0 Å². The highest BCUT2D eigenvalue weighted by atomic mass is 16.5. The van der Waals surface area contributed by atoms with Crippen molar-refractivity contribution in [1.82, 2.24) is 0 Å². The minimum atomic E-state index is -1.64. The quantitative estimate of drug-likeness (QED) is 0.0752. The van der Waals surface area contributed by atoms with E-state index in [2.05, 4.69) is 13.8 Å². The number of hydrogen-bond acceptors (Lipinski definition) is 6. The Kier molecular flexibility index (Phi) is 22.3. The Bertz CT molecular complexity index is 669. The van der Waals surface area contributed by atoms with Crippen LogP contribution in [-0.2, 0) is 28.7 Å². The molecule has 0 aromatic carbocycles. The summed E-state index contributed by atoms with van der Waals surface area (Å²) in [6, 6.07) is 0. The Morgan fingerprint density at radius 3 is 1.35 bits per heavy atom. The lowest BCUT2D eigenvalue weighted by atomic mass is 9.64. The van der Waals surface area contributed by atoms with Crippen LogP contribution in [0, 0.1) is 17.3 Å². The molecule has 0 saturated heterocycles. The minimum absolute atomic E-state index is 0.113. The molecule has 40 heavy (non-hydrogen) atoms. The lowest BCUT2D eigenvalue weighted by Crippen LogP contribution is -2.49. The monoisotopic (exact) mass is 570 g/mol. The zero-order chi connectivity index (χ0) is 30.2. The maximum atomic E-state index is 13.1. The molecule has 2 atom stereocenters. The molecular weight excluding hydrogens is 512 g/mol. The van der Waals surface area contributed by atoms with Crippen molar-refractivity contribution in [2.75, 3.05) is 13.2 Å². The third kappa shape index (κ3) is 15.6. The lowest BCUT2D eigenvalue weighted by Gasteiger charge is -2.38. The summed E-state index contributed by atoms with van der Waals surface area (Å²) in [5.41, 5.74) is -1.64. The van der Waals surface area contributed by atoms with Crippen molar-refractivity contribution in [2.45, 2.75) is 150 Å². The molecule has 0 heterocycles. The van der Waals surface area contributed by atoms with Crippen LogP contribution in [0.15, 0.2) is 0 Å². The van der Waals surface area contributed by atoms with Crippen molar-refractivity contribution in [1.29, 1.82) is 0 Å².